The number of anilines is 1. The molecule has 9 nitrogen and oxygen atoms in total. The second-order valence-electron chi connectivity index (χ2n) is 7.71. The molecule has 0 bridgehead atoms. The Morgan fingerprint density at radius 1 is 0.909 bits per heavy atom. The van der Waals surface area contributed by atoms with Gasteiger partial charge in [0.1, 0.15) is 0 Å². The number of likely N-dealkylation sites (tertiary alicyclic amines) is 1. The topological polar surface area (TPSA) is 136 Å². The van der Waals surface area contributed by atoms with Crippen molar-refractivity contribution in [3.63, 3.8) is 0 Å². The molecule has 0 unspecified atom stereocenters. The molecule has 0 saturated carbocycles. The van der Waals surface area contributed by atoms with Gasteiger partial charge in [-0.25, -0.2) is 9.59 Å². The van der Waals surface area contributed by atoms with E-state index in [-0.39, 0.29) is 11.7 Å². The number of carboxylic acids is 2. The lowest BCUT2D eigenvalue weighted by atomic mass is 10.0. The first-order chi connectivity index (χ1) is 15.7. The van der Waals surface area contributed by atoms with E-state index in [1.165, 1.54) is 12.5 Å². The zero-order chi connectivity index (χ0) is 24.2. The van der Waals surface area contributed by atoms with Crippen molar-refractivity contribution in [1.29, 1.82) is 0 Å². The van der Waals surface area contributed by atoms with Crippen molar-refractivity contribution in [3.8, 4) is 0 Å². The summed E-state index contributed by atoms with van der Waals surface area (Å²) in [6.07, 6.45) is 2.10. The molecular weight excluding hydrogens is 426 g/mol. The highest BCUT2D eigenvalue weighted by atomic mass is 16.4. The van der Waals surface area contributed by atoms with Crippen molar-refractivity contribution in [3.05, 3.63) is 65.7 Å². The number of nitrogens with zero attached hydrogens (tertiary/aromatic N) is 1. The van der Waals surface area contributed by atoms with Gasteiger partial charge in [0.25, 0.3) is 0 Å². The van der Waals surface area contributed by atoms with Gasteiger partial charge < -0.3 is 20.8 Å². The number of nitrogens with one attached hydrogen (secondary N) is 2. The summed E-state index contributed by atoms with van der Waals surface area (Å²) in [6, 6.07) is 17.9. The van der Waals surface area contributed by atoms with Gasteiger partial charge in [0.15, 0.2) is 5.78 Å². The first-order valence-electron chi connectivity index (χ1n) is 10.6. The molecule has 1 fully saturated rings. The number of hydrogen-bond acceptors (Lipinski definition) is 6. The van der Waals surface area contributed by atoms with Crippen LogP contribution in [0.25, 0.3) is 0 Å². The molecule has 33 heavy (non-hydrogen) atoms. The normalized spacial score (nSPS) is 14.0. The maximum atomic E-state index is 12.1. The van der Waals surface area contributed by atoms with Gasteiger partial charge >= 0.3 is 11.9 Å². The van der Waals surface area contributed by atoms with Crippen LogP contribution >= 0.6 is 0 Å². The lowest BCUT2D eigenvalue weighted by molar-refractivity contribution is -0.159. The minimum absolute atomic E-state index is 0.0214. The van der Waals surface area contributed by atoms with Crippen LogP contribution in [0.15, 0.2) is 54.6 Å². The summed E-state index contributed by atoms with van der Waals surface area (Å²) in [5.41, 5.74) is 2.71. The first-order valence-corrected chi connectivity index (χ1v) is 10.6. The molecule has 0 aliphatic carbocycles. The highest BCUT2D eigenvalue weighted by molar-refractivity contribution is 6.27. The number of rotatable bonds is 7. The van der Waals surface area contributed by atoms with Crippen LogP contribution in [-0.4, -0.2) is 64.4 Å². The Labute approximate surface area is 192 Å². The molecule has 2 aromatic rings. The van der Waals surface area contributed by atoms with Crippen molar-refractivity contribution in [2.24, 2.45) is 0 Å². The second kappa shape index (κ2) is 13.1. The van der Waals surface area contributed by atoms with Gasteiger partial charge in [-0.1, -0.05) is 30.3 Å². The van der Waals surface area contributed by atoms with Gasteiger partial charge in [-0.05, 0) is 62.7 Å². The van der Waals surface area contributed by atoms with Gasteiger partial charge in [-0.15, -0.1) is 0 Å². The van der Waals surface area contributed by atoms with Crippen molar-refractivity contribution in [1.82, 2.24) is 10.2 Å². The number of carboxylic acid groups (broad SMARTS) is 2. The Balaban J connectivity index is 0.000000569. The minimum Gasteiger partial charge on any atom is -0.473 e. The molecule has 3 rings (SSSR count). The summed E-state index contributed by atoms with van der Waals surface area (Å²) in [5, 5.41) is 21.0. The van der Waals surface area contributed by atoms with Crippen molar-refractivity contribution >= 4 is 29.3 Å². The molecule has 9 heteroatoms. The van der Waals surface area contributed by atoms with E-state index in [0.29, 0.717) is 23.8 Å². The fraction of sp³-hybridized carbons (Fsp3) is 0.333. The number of carbonyl (C=O) groups excluding carboxylic acids is 2. The molecule has 0 radical (unpaired) electrons. The van der Waals surface area contributed by atoms with Crippen LogP contribution in [0.2, 0.25) is 0 Å². The smallest absolute Gasteiger partial charge is 0.414 e. The molecule has 1 saturated heterocycles. The monoisotopic (exact) mass is 455 g/mol. The number of benzene rings is 2. The highest BCUT2D eigenvalue weighted by Crippen LogP contribution is 2.14. The van der Waals surface area contributed by atoms with E-state index < -0.39 is 11.9 Å². The fourth-order valence-electron chi connectivity index (χ4n) is 3.37. The molecule has 4 N–H and O–H groups in total. The summed E-state index contributed by atoms with van der Waals surface area (Å²) in [4.78, 5) is 44.1. The minimum atomic E-state index is -1.82. The third-order valence-corrected chi connectivity index (χ3v) is 5.15. The Hall–Kier alpha value is -3.56. The quantitative estimate of drug-likeness (QED) is 0.369. The molecule has 0 spiro atoms. The zero-order valence-corrected chi connectivity index (χ0v) is 18.5. The van der Waals surface area contributed by atoms with Gasteiger partial charge in [-0.2, -0.15) is 0 Å². The molecule has 1 amide bonds. The van der Waals surface area contributed by atoms with Crippen LogP contribution in [-0.2, 0) is 20.9 Å². The standard InChI is InChI=1S/C22H27N3O2.C2H2O4/c1-17(26)19-7-9-21(10-8-19)24-22(27)15-23-20-11-13-25(14-12-20)16-18-5-3-2-4-6-18;3-1(4)2(5)6/h2-10,20,23H,11-16H2,1H3,(H,24,27);(H,3,4)(H,5,6). The SMILES string of the molecule is CC(=O)c1ccc(NC(=O)CNC2CCN(Cc3ccccc3)CC2)cc1.O=C(O)C(=O)O. The van der Waals surface area contributed by atoms with Crippen molar-refractivity contribution < 1.29 is 29.4 Å². The Morgan fingerprint density at radius 2 is 1.48 bits per heavy atom. The number of hydrogen-bond donors (Lipinski definition) is 4. The van der Waals surface area contributed by atoms with E-state index in [2.05, 4.69) is 39.8 Å². The van der Waals surface area contributed by atoms with Crippen LogP contribution < -0.4 is 10.6 Å². The van der Waals surface area contributed by atoms with Crippen LogP contribution in [0.4, 0.5) is 5.69 Å². The number of ketones is 1. The molecule has 1 aliphatic rings. The summed E-state index contributed by atoms with van der Waals surface area (Å²) < 4.78 is 0. The van der Waals surface area contributed by atoms with Crippen molar-refractivity contribution in [2.75, 3.05) is 25.0 Å². The molecule has 0 atom stereocenters. The fourth-order valence-corrected chi connectivity index (χ4v) is 3.37. The summed E-state index contributed by atoms with van der Waals surface area (Å²) >= 11 is 0. The molecule has 1 aliphatic heterocycles. The molecule has 176 valence electrons. The molecule has 2 aromatic carbocycles. The third kappa shape index (κ3) is 9.63. The number of piperidine rings is 1. The molecule has 0 aromatic heterocycles. The maximum absolute atomic E-state index is 12.1. The summed E-state index contributed by atoms with van der Waals surface area (Å²) in [5.74, 6) is -3.68. The van der Waals surface area contributed by atoms with Crippen LogP contribution in [0, 0.1) is 0 Å². The Bertz CT molecular complexity index is 926. The van der Waals surface area contributed by atoms with Gasteiger partial charge in [0, 0.05) is 23.8 Å². The third-order valence-electron chi connectivity index (χ3n) is 5.15. The molecule has 1 heterocycles. The van der Waals surface area contributed by atoms with E-state index in [1.54, 1.807) is 24.3 Å². The summed E-state index contributed by atoms with van der Waals surface area (Å²) in [6.45, 7) is 4.91. The predicted molar refractivity (Wildman–Crippen MR) is 123 cm³/mol. The lowest BCUT2D eigenvalue weighted by Crippen LogP contribution is -2.44. The van der Waals surface area contributed by atoms with E-state index in [1.807, 2.05) is 6.07 Å². The summed E-state index contributed by atoms with van der Waals surface area (Å²) in [7, 11) is 0. The van der Waals surface area contributed by atoms with Crippen molar-refractivity contribution in [2.45, 2.75) is 32.4 Å². The average molecular weight is 456 g/mol. The zero-order valence-electron chi connectivity index (χ0n) is 18.5. The van der Waals surface area contributed by atoms with E-state index >= 15 is 0 Å². The first kappa shape index (κ1) is 25.7. The second-order valence-corrected chi connectivity index (χ2v) is 7.71. The number of amides is 1. The molecular formula is C24H29N3O6. The largest absolute Gasteiger partial charge is 0.473 e. The Kier molecular flexibility index (Phi) is 10.2. The van der Waals surface area contributed by atoms with Gasteiger partial charge in [-0.3, -0.25) is 14.5 Å². The van der Waals surface area contributed by atoms with Gasteiger partial charge in [0.2, 0.25) is 5.91 Å². The van der Waals surface area contributed by atoms with E-state index in [0.717, 1.165) is 32.5 Å². The van der Waals surface area contributed by atoms with Crippen LogP contribution in [0.3, 0.4) is 0 Å². The van der Waals surface area contributed by atoms with Crippen LogP contribution in [0.5, 0.6) is 0 Å². The number of carbonyl (C=O) groups is 4. The highest BCUT2D eigenvalue weighted by Gasteiger charge is 2.19. The number of Topliss-reactive ketones (excluding diaryl/α,β-unsaturated/α-hetero) is 1. The lowest BCUT2D eigenvalue weighted by Gasteiger charge is -2.32. The Morgan fingerprint density at radius 3 is 2.00 bits per heavy atom. The van der Waals surface area contributed by atoms with Gasteiger partial charge in [0.05, 0.1) is 6.54 Å². The number of aliphatic carboxylic acids is 2. The van der Waals surface area contributed by atoms with E-state index in [4.69, 9.17) is 19.8 Å². The van der Waals surface area contributed by atoms with E-state index in [9.17, 15) is 9.59 Å². The average Bonchev–Trinajstić information content (AvgIpc) is 2.80. The predicted octanol–water partition coefficient (Wildman–Crippen LogP) is 2.24. The maximum Gasteiger partial charge on any atom is 0.414 e. The van der Waals surface area contributed by atoms with Crippen LogP contribution in [0.1, 0.15) is 35.7 Å².